The quantitative estimate of drug-likeness (QED) is 0.764. The highest BCUT2D eigenvalue weighted by molar-refractivity contribution is 7.71. The average molecular weight is 214 g/mol. The molecule has 1 rings (SSSR count). The SMILES string of the molecule is CCc1cc(=O)[nH]c(=S)n1CCOC. The first-order valence-corrected chi connectivity index (χ1v) is 4.91. The molecule has 5 heteroatoms. The summed E-state index contributed by atoms with van der Waals surface area (Å²) in [6.07, 6.45) is 0.789. The number of aryl methyl sites for hydroxylation is 1. The minimum absolute atomic E-state index is 0.138. The van der Waals surface area contributed by atoms with Crippen LogP contribution >= 0.6 is 12.2 Å². The van der Waals surface area contributed by atoms with Gasteiger partial charge in [-0.2, -0.15) is 0 Å². The van der Waals surface area contributed by atoms with E-state index >= 15 is 0 Å². The van der Waals surface area contributed by atoms with Gasteiger partial charge in [0.05, 0.1) is 6.61 Å². The number of nitrogens with one attached hydrogen (secondary N) is 1. The lowest BCUT2D eigenvalue weighted by molar-refractivity contribution is 0.185. The summed E-state index contributed by atoms with van der Waals surface area (Å²) in [7, 11) is 1.64. The van der Waals surface area contributed by atoms with Crippen LogP contribution in [0.1, 0.15) is 12.6 Å². The highest BCUT2D eigenvalue weighted by atomic mass is 32.1. The van der Waals surface area contributed by atoms with Gasteiger partial charge in [-0.15, -0.1) is 0 Å². The number of nitrogens with zero attached hydrogens (tertiary/aromatic N) is 1. The number of aromatic nitrogens is 2. The highest BCUT2D eigenvalue weighted by Crippen LogP contribution is 1.98. The zero-order chi connectivity index (χ0) is 10.6. The predicted octanol–water partition coefficient (Wildman–Crippen LogP) is 1.11. The number of H-pyrrole nitrogens is 1. The van der Waals surface area contributed by atoms with Crippen LogP contribution in [-0.4, -0.2) is 23.3 Å². The maximum absolute atomic E-state index is 11.1. The molecule has 1 heterocycles. The molecule has 1 aromatic heterocycles. The van der Waals surface area contributed by atoms with Gasteiger partial charge in [-0.3, -0.25) is 9.78 Å². The molecular formula is C9H14N2O2S. The van der Waals surface area contributed by atoms with Gasteiger partial charge in [-0.25, -0.2) is 0 Å². The van der Waals surface area contributed by atoms with Crippen molar-refractivity contribution in [3.05, 3.63) is 26.9 Å². The second-order valence-corrected chi connectivity index (χ2v) is 3.31. The molecule has 14 heavy (non-hydrogen) atoms. The molecule has 0 aliphatic heterocycles. The number of methoxy groups -OCH3 is 1. The van der Waals surface area contributed by atoms with Crippen molar-refractivity contribution in [2.45, 2.75) is 19.9 Å². The normalized spacial score (nSPS) is 10.4. The topological polar surface area (TPSA) is 47.0 Å². The Balaban J connectivity index is 3.12. The molecule has 0 radical (unpaired) electrons. The van der Waals surface area contributed by atoms with Gasteiger partial charge in [0, 0.05) is 25.4 Å². The molecular weight excluding hydrogens is 200 g/mol. The van der Waals surface area contributed by atoms with Gasteiger partial charge in [-0.1, -0.05) is 6.92 Å². The standard InChI is InChI=1S/C9H14N2O2S/c1-3-7-6-8(12)10-9(14)11(7)4-5-13-2/h6H,3-5H2,1-2H3,(H,10,12,14). The van der Waals surface area contributed by atoms with Gasteiger partial charge < -0.3 is 9.30 Å². The lowest BCUT2D eigenvalue weighted by atomic mass is 10.3. The van der Waals surface area contributed by atoms with Crippen LogP contribution in [0.2, 0.25) is 0 Å². The van der Waals surface area contributed by atoms with E-state index in [2.05, 4.69) is 4.98 Å². The molecule has 4 nitrogen and oxygen atoms in total. The number of ether oxygens (including phenoxy) is 1. The van der Waals surface area contributed by atoms with E-state index in [9.17, 15) is 4.79 Å². The molecule has 0 bridgehead atoms. The lowest BCUT2D eigenvalue weighted by Gasteiger charge is -2.10. The Labute approximate surface area is 87.5 Å². The molecule has 0 amide bonds. The monoisotopic (exact) mass is 214 g/mol. The van der Waals surface area contributed by atoms with Crippen LogP contribution in [0.25, 0.3) is 0 Å². The fourth-order valence-corrected chi connectivity index (χ4v) is 1.60. The Hall–Kier alpha value is -0.940. The van der Waals surface area contributed by atoms with E-state index in [1.807, 2.05) is 11.5 Å². The highest BCUT2D eigenvalue weighted by Gasteiger charge is 2.01. The van der Waals surface area contributed by atoms with Crippen LogP contribution in [0.3, 0.4) is 0 Å². The summed E-state index contributed by atoms with van der Waals surface area (Å²) < 4.78 is 7.32. The van der Waals surface area contributed by atoms with Crippen molar-refractivity contribution in [3.8, 4) is 0 Å². The third-order valence-electron chi connectivity index (χ3n) is 2.00. The molecule has 0 saturated carbocycles. The maximum atomic E-state index is 11.1. The van der Waals surface area contributed by atoms with Crippen LogP contribution < -0.4 is 5.56 Å². The molecule has 0 aromatic carbocycles. The fraction of sp³-hybridized carbons (Fsp3) is 0.556. The molecule has 1 N–H and O–H groups in total. The van der Waals surface area contributed by atoms with Crippen LogP contribution in [0.15, 0.2) is 10.9 Å². The first-order chi connectivity index (χ1) is 6.69. The Bertz CT molecular complexity index is 408. The molecule has 0 atom stereocenters. The van der Waals surface area contributed by atoms with Gasteiger partial charge in [-0.05, 0) is 18.6 Å². The Kier molecular flexibility index (Phi) is 4.03. The summed E-state index contributed by atoms with van der Waals surface area (Å²) >= 11 is 5.06. The molecule has 78 valence electrons. The zero-order valence-corrected chi connectivity index (χ0v) is 9.19. The van der Waals surface area contributed by atoms with E-state index < -0.39 is 0 Å². The molecule has 0 spiro atoms. The number of aromatic amines is 1. The van der Waals surface area contributed by atoms with E-state index in [0.717, 1.165) is 12.1 Å². The second kappa shape index (κ2) is 5.07. The van der Waals surface area contributed by atoms with E-state index in [1.54, 1.807) is 13.2 Å². The smallest absolute Gasteiger partial charge is 0.251 e. The van der Waals surface area contributed by atoms with E-state index in [4.69, 9.17) is 17.0 Å². The molecule has 0 unspecified atom stereocenters. The van der Waals surface area contributed by atoms with Crippen LogP contribution in [0.4, 0.5) is 0 Å². The van der Waals surface area contributed by atoms with E-state index in [0.29, 0.717) is 17.9 Å². The predicted molar refractivity (Wildman–Crippen MR) is 57.1 cm³/mol. The third kappa shape index (κ3) is 2.52. The summed E-state index contributed by atoms with van der Waals surface area (Å²) in [5, 5.41) is 0. The lowest BCUT2D eigenvalue weighted by Crippen LogP contribution is -2.18. The molecule has 0 fully saturated rings. The summed E-state index contributed by atoms with van der Waals surface area (Å²) in [5.74, 6) is 0. The first kappa shape index (κ1) is 11.1. The number of hydrogen-bond acceptors (Lipinski definition) is 3. The summed E-state index contributed by atoms with van der Waals surface area (Å²) in [6.45, 7) is 3.26. The Morgan fingerprint density at radius 2 is 2.36 bits per heavy atom. The van der Waals surface area contributed by atoms with Crippen molar-refractivity contribution in [2.24, 2.45) is 0 Å². The average Bonchev–Trinajstić information content (AvgIpc) is 2.15. The van der Waals surface area contributed by atoms with Crippen molar-refractivity contribution in [3.63, 3.8) is 0 Å². The van der Waals surface area contributed by atoms with Gasteiger partial charge in [0.15, 0.2) is 4.77 Å². The summed E-state index contributed by atoms with van der Waals surface area (Å²) in [6, 6.07) is 1.57. The fourth-order valence-electron chi connectivity index (χ4n) is 1.29. The van der Waals surface area contributed by atoms with Gasteiger partial charge in [0.2, 0.25) is 0 Å². The summed E-state index contributed by atoms with van der Waals surface area (Å²) in [5.41, 5.74) is 0.802. The van der Waals surface area contributed by atoms with Crippen molar-refractivity contribution >= 4 is 12.2 Å². The molecule has 0 aliphatic rings. The van der Waals surface area contributed by atoms with Crippen LogP contribution in [0.5, 0.6) is 0 Å². The van der Waals surface area contributed by atoms with Crippen molar-refractivity contribution < 1.29 is 4.74 Å². The van der Waals surface area contributed by atoms with Crippen LogP contribution in [-0.2, 0) is 17.7 Å². The number of rotatable bonds is 4. The molecule has 0 aliphatic carbocycles. The second-order valence-electron chi connectivity index (χ2n) is 2.93. The van der Waals surface area contributed by atoms with Gasteiger partial charge in [0.1, 0.15) is 0 Å². The molecule has 1 aromatic rings. The maximum Gasteiger partial charge on any atom is 0.251 e. The molecule has 0 saturated heterocycles. The minimum Gasteiger partial charge on any atom is -0.383 e. The van der Waals surface area contributed by atoms with Gasteiger partial charge >= 0.3 is 0 Å². The van der Waals surface area contributed by atoms with Gasteiger partial charge in [0.25, 0.3) is 5.56 Å². The largest absolute Gasteiger partial charge is 0.383 e. The first-order valence-electron chi connectivity index (χ1n) is 4.51. The number of hydrogen-bond donors (Lipinski definition) is 1. The van der Waals surface area contributed by atoms with E-state index in [1.165, 1.54) is 0 Å². The van der Waals surface area contributed by atoms with Crippen LogP contribution in [0, 0.1) is 4.77 Å². The van der Waals surface area contributed by atoms with Crippen molar-refractivity contribution in [1.82, 2.24) is 9.55 Å². The third-order valence-corrected chi connectivity index (χ3v) is 2.32. The Morgan fingerprint density at radius 1 is 1.64 bits per heavy atom. The zero-order valence-electron chi connectivity index (χ0n) is 8.37. The minimum atomic E-state index is -0.138. The Morgan fingerprint density at radius 3 is 2.93 bits per heavy atom. The van der Waals surface area contributed by atoms with E-state index in [-0.39, 0.29) is 5.56 Å². The van der Waals surface area contributed by atoms with Crippen molar-refractivity contribution in [1.29, 1.82) is 0 Å². The summed E-state index contributed by atoms with van der Waals surface area (Å²) in [4.78, 5) is 13.7. The van der Waals surface area contributed by atoms with Crippen molar-refractivity contribution in [2.75, 3.05) is 13.7 Å².